The van der Waals surface area contributed by atoms with Gasteiger partial charge in [-0.3, -0.25) is 9.59 Å². The Balaban J connectivity index is 2.23. The Morgan fingerprint density at radius 2 is 1.93 bits per heavy atom. The second-order valence-corrected chi connectivity index (χ2v) is 12.5. The van der Waals surface area contributed by atoms with Crippen molar-refractivity contribution in [3.05, 3.63) is 48.1 Å². The van der Waals surface area contributed by atoms with Crippen molar-refractivity contribution in [3.63, 3.8) is 0 Å². The number of hydrogen-bond acceptors (Lipinski definition) is 8. The summed E-state index contributed by atoms with van der Waals surface area (Å²) in [5, 5.41) is 32.7. The number of rotatable bonds is 10. The fraction of sp³-hybridized carbons (Fsp3) is 0.706. The Morgan fingerprint density at radius 1 is 1.24 bits per heavy atom. The van der Waals surface area contributed by atoms with E-state index >= 15 is 0 Å². The van der Waals surface area contributed by atoms with Gasteiger partial charge in [0.1, 0.15) is 17.8 Å². The molecule has 3 N–H and O–H groups in total. The van der Waals surface area contributed by atoms with E-state index in [1.807, 2.05) is 39.0 Å². The minimum absolute atomic E-state index is 0.0418. The fourth-order valence-electron chi connectivity index (χ4n) is 6.23. The van der Waals surface area contributed by atoms with E-state index in [0.717, 1.165) is 18.4 Å². The first kappa shape index (κ1) is 35.9. The molecule has 0 aromatic carbocycles. The standard InChI is InChI=1S/C34H54O8/c1-9-29(40-8)24(5)27-14-11-15-28(27)32(38)21(2)12-10-13-22(3)33-23(4)16-17-30(41-25(6)35)34(7,39)19-18-26(36)20-31(37)42-33/h10-13,15-17,21,23-24,26-30,32-33,36,38-39H,9,14,18-20H2,1-8H3/b12-10+,17-16+,22-13+/t21-,23-,24-,26+,27+,28-,29-,30-,32-,33+,34+/m0/s1. The predicted octanol–water partition coefficient (Wildman–Crippen LogP) is 5.07. The molecule has 8 nitrogen and oxygen atoms in total. The lowest BCUT2D eigenvalue weighted by Gasteiger charge is -2.34. The normalized spacial score (nSPS) is 35.0. The number of methoxy groups -OCH3 is 1. The number of aliphatic hydroxyl groups is 3. The highest BCUT2D eigenvalue weighted by atomic mass is 16.6. The van der Waals surface area contributed by atoms with Crippen LogP contribution in [0.1, 0.15) is 80.6 Å². The third kappa shape index (κ3) is 10.2. The average molecular weight is 591 g/mol. The summed E-state index contributed by atoms with van der Waals surface area (Å²) in [6.45, 7) is 12.9. The molecule has 0 unspecified atom stereocenters. The minimum atomic E-state index is -1.42. The highest BCUT2D eigenvalue weighted by Crippen LogP contribution is 2.39. The second-order valence-electron chi connectivity index (χ2n) is 12.5. The van der Waals surface area contributed by atoms with Crippen LogP contribution in [0.15, 0.2) is 48.1 Å². The number of esters is 2. The van der Waals surface area contributed by atoms with Gasteiger partial charge in [-0.25, -0.2) is 0 Å². The number of carbonyl (C=O) groups is 2. The Morgan fingerprint density at radius 3 is 2.55 bits per heavy atom. The molecule has 0 saturated heterocycles. The molecule has 1 heterocycles. The quantitative estimate of drug-likeness (QED) is 0.183. The van der Waals surface area contributed by atoms with E-state index in [-0.39, 0.29) is 43.1 Å². The summed E-state index contributed by atoms with van der Waals surface area (Å²) in [5.41, 5.74) is -0.641. The van der Waals surface area contributed by atoms with Crippen molar-refractivity contribution in [2.75, 3.05) is 7.11 Å². The monoisotopic (exact) mass is 590 g/mol. The highest BCUT2D eigenvalue weighted by molar-refractivity contribution is 5.70. The van der Waals surface area contributed by atoms with Gasteiger partial charge in [0.05, 0.1) is 24.7 Å². The van der Waals surface area contributed by atoms with Crippen LogP contribution in [-0.2, 0) is 23.8 Å². The minimum Gasteiger partial charge on any atom is -0.457 e. The topological polar surface area (TPSA) is 123 Å². The molecule has 2 aliphatic rings. The molecule has 0 radical (unpaired) electrons. The number of aliphatic hydroxyl groups excluding tert-OH is 2. The third-order valence-electron chi connectivity index (χ3n) is 9.00. The molecule has 0 saturated carbocycles. The molecule has 0 spiro atoms. The van der Waals surface area contributed by atoms with E-state index in [9.17, 15) is 24.9 Å². The summed E-state index contributed by atoms with van der Waals surface area (Å²) in [6.07, 6.45) is 12.4. The first-order valence-electron chi connectivity index (χ1n) is 15.4. The lowest BCUT2D eigenvalue weighted by Crippen LogP contribution is -2.42. The summed E-state index contributed by atoms with van der Waals surface area (Å²) >= 11 is 0. The van der Waals surface area contributed by atoms with Gasteiger partial charge in [0.15, 0.2) is 0 Å². The molecule has 0 aromatic heterocycles. The average Bonchev–Trinajstić information content (AvgIpc) is 3.42. The number of hydrogen-bond donors (Lipinski definition) is 3. The van der Waals surface area contributed by atoms with E-state index < -0.39 is 42.0 Å². The zero-order valence-corrected chi connectivity index (χ0v) is 26.7. The van der Waals surface area contributed by atoms with Crippen LogP contribution in [0.2, 0.25) is 0 Å². The number of cyclic esters (lactones) is 1. The van der Waals surface area contributed by atoms with Gasteiger partial charge in [0.2, 0.25) is 0 Å². The maximum atomic E-state index is 12.7. The third-order valence-corrected chi connectivity index (χ3v) is 9.00. The van der Waals surface area contributed by atoms with E-state index in [1.54, 1.807) is 26.2 Å². The van der Waals surface area contributed by atoms with Gasteiger partial charge >= 0.3 is 11.9 Å². The van der Waals surface area contributed by atoms with E-state index in [2.05, 4.69) is 26.0 Å². The lowest BCUT2D eigenvalue weighted by atomic mass is 9.75. The summed E-state index contributed by atoms with van der Waals surface area (Å²) in [4.78, 5) is 24.4. The second kappa shape index (κ2) is 16.6. The van der Waals surface area contributed by atoms with Crippen molar-refractivity contribution in [1.29, 1.82) is 0 Å². The molecule has 0 bridgehead atoms. The SMILES string of the molecule is CC[C@H](OC)[C@@H](C)[C@H]1CC=C[C@@H]1[C@@H](O)[C@@H](C)/C=C/C=C(\C)[C@H]1OC(=O)C[C@H](O)CC[C@@](C)(O)[C@@H](OC(C)=O)/C=C/[C@@H]1C. The van der Waals surface area contributed by atoms with Crippen LogP contribution in [0.4, 0.5) is 0 Å². The zero-order valence-electron chi connectivity index (χ0n) is 26.7. The largest absolute Gasteiger partial charge is 0.457 e. The molecule has 2 rings (SSSR count). The van der Waals surface area contributed by atoms with E-state index in [1.165, 1.54) is 6.92 Å². The zero-order chi connectivity index (χ0) is 31.6. The first-order valence-corrected chi connectivity index (χ1v) is 15.4. The van der Waals surface area contributed by atoms with Gasteiger partial charge in [-0.15, -0.1) is 0 Å². The van der Waals surface area contributed by atoms with Crippen molar-refractivity contribution in [1.82, 2.24) is 0 Å². The van der Waals surface area contributed by atoms with Crippen LogP contribution >= 0.6 is 0 Å². The summed E-state index contributed by atoms with van der Waals surface area (Å²) in [7, 11) is 1.75. The van der Waals surface area contributed by atoms with E-state index in [4.69, 9.17) is 14.2 Å². The Hall–Kier alpha value is -2.26. The van der Waals surface area contributed by atoms with Crippen molar-refractivity contribution in [3.8, 4) is 0 Å². The van der Waals surface area contributed by atoms with E-state index in [0.29, 0.717) is 11.8 Å². The van der Waals surface area contributed by atoms with Gasteiger partial charge in [-0.05, 0) is 63.0 Å². The Bertz CT molecular complexity index is 992. The molecule has 0 aromatic rings. The predicted molar refractivity (Wildman–Crippen MR) is 163 cm³/mol. The van der Waals surface area contributed by atoms with Crippen LogP contribution < -0.4 is 0 Å². The molecule has 0 amide bonds. The Labute approximate surface area is 252 Å². The van der Waals surface area contributed by atoms with Crippen LogP contribution in [-0.4, -0.2) is 70.5 Å². The fourth-order valence-corrected chi connectivity index (χ4v) is 6.23. The van der Waals surface area contributed by atoms with Gasteiger partial charge in [-0.2, -0.15) is 0 Å². The number of allylic oxidation sites excluding steroid dienone is 3. The van der Waals surface area contributed by atoms with Gasteiger partial charge in [0, 0.05) is 31.8 Å². The molecule has 8 heteroatoms. The Kier molecular flexibility index (Phi) is 14.2. The van der Waals surface area contributed by atoms with Crippen molar-refractivity contribution < 1.29 is 39.1 Å². The maximum absolute atomic E-state index is 12.7. The van der Waals surface area contributed by atoms with Crippen molar-refractivity contribution in [2.24, 2.45) is 29.6 Å². The molecule has 0 fully saturated rings. The van der Waals surface area contributed by atoms with Crippen LogP contribution in [0.5, 0.6) is 0 Å². The summed E-state index contributed by atoms with van der Waals surface area (Å²) in [6, 6.07) is 0. The molecule has 1 aliphatic heterocycles. The first-order chi connectivity index (χ1) is 19.7. The maximum Gasteiger partial charge on any atom is 0.309 e. The highest BCUT2D eigenvalue weighted by Gasteiger charge is 2.37. The van der Waals surface area contributed by atoms with Gasteiger partial charge < -0.3 is 29.5 Å². The molecular formula is C34H54O8. The van der Waals surface area contributed by atoms with Gasteiger partial charge in [0.25, 0.3) is 0 Å². The van der Waals surface area contributed by atoms with Gasteiger partial charge in [-0.1, -0.05) is 64.2 Å². The summed E-state index contributed by atoms with van der Waals surface area (Å²) in [5.74, 6) is -0.806. The van der Waals surface area contributed by atoms with Crippen molar-refractivity contribution in [2.45, 2.75) is 117 Å². The molecular weight excluding hydrogens is 536 g/mol. The molecule has 1 aliphatic carbocycles. The lowest BCUT2D eigenvalue weighted by molar-refractivity contribution is -0.157. The number of carbonyl (C=O) groups excluding carboxylic acids is 2. The van der Waals surface area contributed by atoms with Crippen molar-refractivity contribution >= 4 is 11.9 Å². The molecule has 42 heavy (non-hydrogen) atoms. The molecule has 238 valence electrons. The van der Waals surface area contributed by atoms with Crippen LogP contribution in [0, 0.1) is 29.6 Å². The van der Waals surface area contributed by atoms with Crippen LogP contribution in [0.3, 0.4) is 0 Å². The summed E-state index contributed by atoms with van der Waals surface area (Å²) < 4.78 is 16.9. The number of ether oxygens (including phenoxy) is 3. The smallest absolute Gasteiger partial charge is 0.309 e. The molecule has 11 atom stereocenters. The van der Waals surface area contributed by atoms with Crippen LogP contribution in [0.25, 0.3) is 0 Å².